The number of nitrogens with zero attached hydrogens (tertiary/aromatic N) is 1. The number of amides is 1. The Bertz CT molecular complexity index is 1170. The molecule has 0 aliphatic heterocycles. The first-order valence-corrected chi connectivity index (χ1v) is 10.8. The Morgan fingerprint density at radius 1 is 1.26 bits per heavy atom. The minimum absolute atomic E-state index is 0.145. The predicted molar refractivity (Wildman–Crippen MR) is 121 cm³/mol. The third kappa shape index (κ3) is 5.15. The van der Waals surface area contributed by atoms with Gasteiger partial charge >= 0.3 is 5.97 Å². The molecule has 10 heteroatoms. The number of Topliss-reactive ketones (excluding diaryl/α,β-unsaturated/α-hetero) is 1. The molecule has 1 aromatic carbocycles. The average molecular weight is 480 g/mol. The van der Waals surface area contributed by atoms with Crippen molar-refractivity contribution in [1.82, 2.24) is 9.97 Å². The van der Waals surface area contributed by atoms with Gasteiger partial charge in [-0.15, -0.1) is 11.3 Å². The van der Waals surface area contributed by atoms with Crippen LogP contribution in [0.5, 0.6) is 0 Å². The summed E-state index contributed by atoms with van der Waals surface area (Å²) < 4.78 is 4.80. The first kappa shape index (κ1) is 23.0. The number of carbonyl (C=O) groups is 3. The Morgan fingerprint density at radius 2 is 2.00 bits per heavy atom. The summed E-state index contributed by atoms with van der Waals surface area (Å²) in [6, 6.07) is 5.41. The standard InChI is InChI=1S/C21H19Cl2N3O4S/c1-10-17(20(29)30-3)15(25-19(10)11(2)27)8-16(28)26-21-24-9-13(31-21)7-12-5-4-6-14(22)18(12)23/h4-6,9,25H,7-8H2,1-3H3,(H,24,26,28). The first-order valence-electron chi connectivity index (χ1n) is 9.19. The second kappa shape index (κ2) is 9.64. The monoisotopic (exact) mass is 479 g/mol. The van der Waals surface area contributed by atoms with E-state index in [0.29, 0.717) is 32.9 Å². The van der Waals surface area contributed by atoms with Gasteiger partial charge in [0.25, 0.3) is 0 Å². The lowest BCUT2D eigenvalue weighted by molar-refractivity contribution is -0.115. The highest BCUT2D eigenvalue weighted by Gasteiger charge is 2.24. The van der Waals surface area contributed by atoms with Crippen LogP contribution in [0.15, 0.2) is 24.4 Å². The normalized spacial score (nSPS) is 10.7. The molecule has 3 rings (SSSR count). The summed E-state index contributed by atoms with van der Waals surface area (Å²) in [6.07, 6.45) is 2.04. The summed E-state index contributed by atoms with van der Waals surface area (Å²) in [7, 11) is 1.25. The van der Waals surface area contributed by atoms with Gasteiger partial charge in [0.1, 0.15) is 0 Å². The van der Waals surface area contributed by atoms with Crippen LogP contribution in [-0.4, -0.2) is 34.7 Å². The van der Waals surface area contributed by atoms with Crippen molar-refractivity contribution in [3.05, 3.63) is 67.4 Å². The molecule has 2 aromatic heterocycles. The van der Waals surface area contributed by atoms with Gasteiger partial charge in [-0.25, -0.2) is 9.78 Å². The molecule has 0 saturated carbocycles. The number of esters is 1. The van der Waals surface area contributed by atoms with Crippen LogP contribution < -0.4 is 5.32 Å². The van der Waals surface area contributed by atoms with E-state index in [1.54, 1.807) is 19.2 Å². The molecular weight excluding hydrogens is 461 g/mol. The summed E-state index contributed by atoms with van der Waals surface area (Å²) >= 11 is 13.6. The molecule has 0 spiro atoms. The number of ketones is 1. The van der Waals surface area contributed by atoms with Gasteiger partial charge in [0.05, 0.1) is 34.8 Å². The molecule has 3 aromatic rings. The van der Waals surface area contributed by atoms with E-state index in [9.17, 15) is 14.4 Å². The van der Waals surface area contributed by atoms with Crippen molar-refractivity contribution in [1.29, 1.82) is 0 Å². The number of H-pyrrole nitrogens is 1. The van der Waals surface area contributed by atoms with E-state index in [1.807, 2.05) is 12.1 Å². The second-order valence-corrected chi connectivity index (χ2v) is 8.67. The molecule has 0 atom stereocenters. The molecule has 0 unspecified atom stereocenters. The highest BCUT2D eigenvalue weighted by molar-refractivity contribution is 7.15. The Kier molecular flexibility index (Phi) is 7.15. The molecule has 162 valence electrons. The first-order chi connectivity index (χ1) is 14.7. The van der Waals surface area contributed by atoms with Gasteiger partial charge < -0.3 is 15.0 Å². The molecule has 7 nitrogen and oxygen atoms in total. The number of anilines is 1. The minimum atomic E-state index is -0.612. The second-order valence-electron chi connectivity index (χ2n) is 6.77. The maximum absolute atomic E-state index is 12.6. The fourth-order valence-corrected chi connectivity index (χ4v) is 4.40. The number of methoxy groups -OCH3 is 1. The minimum Gasteiger partial charge on any atom is -0.465 e. The van der Waals surface area contributed by atoms with Crippen LogP contribution >= 0.6 is 34.5 Å². The lowest BCUT2D eigenvalue weighted by atomic mass is 10.1. The van der Waals surface area contributed by atoms with E-state index in [0.717, 1.165) is 10.4 Å². The third-order valence-electron chi connectivity index (χ3n) is 4.60. The summed E-state index contributed by atoms with van der Waals surface area (Å²) in [5.41, 5.74) is 2.10. The van der Waals surface area contributed by atoms with Crippen molar-refractivity contribution < 1.29 is 19.1 Å². The number of nitrogens with one attached hydrogen (secondary N) is 2. The Hall–Kier alpha value is -2.68. The van der Waals surface area contributed by atoms with Crippen molar-refractivity contribution in [3.63, 3.8) is 0 Å². The van der Waals surface area contributed by atoms with Gasteiger partial charge in [0.15, 0.2) is 10.9 Å². The van der Waals surface area contributed by atoms with E-state index in [2.05, 4.69) is 15.3 Å². The zero-order valence-corrected chi connectivity index (χ0v) is 19.3. The SMILES string of the molecule is COC(=O)c1c(CC(=O)Nc2ncc(Cc3cccc(Cl)c3Cl)s2)[nH]c(C(C)=O)c1C. The maximum atomic E-state index is 12.6. The molecule has 2 N–H and O–H groups in total. The van der Waals surface area contributed by atoms with Gasteiger partial charge in [-0.3, -0.25) is 9.59 Å². The highest BCUT2D eigenvalue weighted by atomic mass is 35.5. The summed E-state index contributed by atoms with van der Waals surface area (Å²) in [5.74, 6) is -1.24. The Morgan fingerprint density at radius 3 is 2.68 bits per heavy atom. The summed E-state index contributed by atoms with van der Waals surface area (Å²) in [6.45, 7) is 3.02. The highest BCUT2D eigenvalue weighted by Crippen LogP contribution is 2.29. The van der Waals surface area contributed by atoms with Crippen molar-refractivity contribution in [3.8, 4) is 0 Å². The van der Waals surface area contributed by atoms with E-state index < -0.39 is 5.97 Å². The molecule has 0 saturated heterocycles. The zero-order valence-electron chi connectivity index (χ0n) is 17.0. The lowest BCUT2D eigenvalue weighted by Crippen LogP contribution is -2.17. The molecular formula is C21H19Cl2N3O4S. The smallest absolute Gasteiger partial charge is 0.339 e. The molecule has 0 aliphatic rings. The van der Waals surface area contributed by atoms with Crippen molar-refractivity contribution >= 4 is 57.3 Å². The van der Waals surface area contributed by atoms with E-state index in [-0.39, 0.29) is 29.4 Å². The fourth-order valence-electron chi connectivity index (χ4n) is 3.17. The van der Waals surface area contributed by atoms with E-state index in [4.69, 9.17) is 27.9 Å². The van der Waals surface area contributed by atoms with Crippen LogP contribution in [0.4, 0.5) is 5.13 Å². The van der Waals surface area contributed by atoms with Gasteiger partial charge in [-0.2, -0.15) is 0 Å². The van der Waals surface area contributed by atoms with Crippen LogP contribution in [0.2, 0.25) is 10.0 Å². The van der Waals surface area contributed by atoms with Crippen LogP contribution in [0.3, 0.4) is 0 Å². The van der Waals surface area contributed by atoms with E-state index >= 15 is 0 Å². The number of rotatable bonds is 7. The zero-order chi connectivity index (χ0) is 22.7. The average Bonchev–Trinajstić information content (AvgIpc) is 3.28. The number of aromatic amines is 1. The van der Waals surface area contributed by atoms with Crippen LogP contribution in [0, 0.1) is 6.92 Å². The van der Waals surface area contributed by atoms with Crippen LogP contribution in [0.1, 0.15) is 49.5 Å². The quantitative estimate of drug-likeness (QED) is 0.372. The number of carbonyl (C=O) groups excluding carboxylic acids is 3. The number of hydrogen-bond acceptors (Lipinski definition) is 6. The largest absolute Gasteiger partial charge is 0.465 e. The lowest BCUT2D eigenvalue weighted by Gasteiger charge is -2.04. The van der Waals surface area contributed by atoms with E-state index in [1.165, 1.54) is 25.4 Å². The maximum Gasteiger partial charge on any atom is 0.339 e. The molecule has 0 bridgehead atoms. The molecule has 0 radical (unpaired) electrons. The fraction of sp³-hybridized carbons (Fsp3) is 0.238. The number of thiazole rings is 1. The molecule has 31 heavy (non-hydrogen) atoms. The van der Waals surface area contributed by atoms with Crippen LogP contribution in [0.25, 0.3) is 0 Å². The third-order valence-corrected chi connectivity index (χ3v) is 6.37. The van der Waals surface area contributed by atoms with Gasteiger partial charge in [0, 0.05) is 30.1 Å². The molecule has 0 fully saturated rings. The number of aromatic nitrogens is 2. The van der Waals surface area contributed by atoms with Crippen molar-refractivity contribution in [2.24, 2.45) is 0 Å². The van der Waals surface area contributed by atoms with Gasteiger partial charge in [-0.05, 0) is 24.1 Å². The van der Waals surface area contributed by atoms with Crippen molar-refractivity contribution in [2.75, 3.05) is 12.4 Å². The molecule has 1 amide bonds. The van der Waals surface area contributed by atoms with Gasteiger partial charge in [-0.1, -0.05) is 35.3 Å². The molecule has 0 aliphatic carbocycles. The summed E-state index contributed by atoms with van der Waals surface area (Å²) in [5, 5.41) is 4.09. The number of benzene rings is 1. The predicted octanol–water partition coefficient (Wildman–Crippen LogP) is 4.85. The Labute approximate surface area is 192 Å². The number of halogens is 2. The number of ether oxygens (including phenoxy) is 1. The topological polar surface area (TPSA) is 101 Å². The summed E-state index contributed by atoms with van der Waals surface area (Å²) in [4.78, 5) is 44.5. The molecule has 2 heterocycles. The Balaban J connectivity index is 1.73. The van der Waals surface area contributed by atoms with Crippen molar-refractivity contribution in [2.45, 2.75) is 26.7 Å². The van der Waals surface area contributed by atoms with Crippen LogP contribution in [-0.2, 0) is 22.4 Å². The number of hydrogen-bond donors (Lipinski definition) is 2. The van der Waals surface area contributed by atoms with Gasteiger partial charge in [0.2, 0.25) is 5.91 Å².